The summed E-state index contributed by atoms with van der Waals surface area (Å²) in [6.07, 6.45) is 1.33. The first-order chi connectivity index (χ1) is 6.39. The van der Waals surface area contributed by atoms with Gasteiger partial charge in [0.2, 0.25) is 0 Å². The van der Waals surface area contributed by atoms with Gasteiger partial charge < -0.3 is 10.6 Å². The molecule has 2 rings (SSSR count). The van der Waals surface area contributed by atoms with Crippen LogP contribution in [0.3, 0.4) is 0 Å². The number of H-pyrrole nitrogens is 1. The summed E-state index contributed by atoms with van der Waals surface area (Å²) in [5.74, 6) is 0. The number of rotatable bonds is 0. The Labute approximate surface area is 75.7 Å². The first-order valence-corrected chi connectivity index (χ1v) is 4.17. The number of aromatic nitrogens is 3. The third-order valence-corrected chi connectivity index (χ3v) is 1.47. The van der Waals surface area contributed by atoms with Crippen LogP contribution >= 0.6 is 0 Å². The largest absolute Gasteiger partial charge is 0.314 e. The second-order valence-electron chi connectivity index (χ2n) is 2.51. The molecule has 0 amide bonds. The van der Waals surface area contributed by atoms with E-state index in [0.717, 1.165) is 26.2 Å². The van der Waals surface area contributed by atoms with Crippen LogP contribution in [0.15, 0.2) is 17.1 Å². The molecule has 0 spiro atoms. The Morgan fingerprint density at radius 3 is 2.00 bits per heavy atom. The van der Waals surface area contributed by atoms with E-state index in [1.165, 1.54) is 12.3 Å². The lowest BCUT2D eigenvalue weighted by Crippen LogP contribution is -2.39. The summed E-state index contributed by atoms with van der Waals surface area (Å²) in [5, 5.41) is 15.1. The van der Waals surface area contributed by atoms with Gasteiger partial charge in [-0.2, -0.15) is 0 Å². The summed E-state index contributed by atoms with van der Waals surface area (Å²) in [7, 11) is 0. The summed E-state index contributed by atoms with van der Waals surface area (Å²) in [6, 6.07) is 1.30. The molecule has 1 fully saturated rings. The molecular formula is C7H13N5O. The second kappa shape index (κ2) is 6.27. The lowest BCUT2D eigenvalue weighted by molar-refractivity contribution is 0.534. The highest BCUT2D eigenvalue weighted by Gasteiger charge is 1.91. The van der Waals surface area contributed by atoms with E-state index in [1.807, 2.05) is 0 Å². The molecule has 1 aromatic heterocycles. The van der Waals surface area contributed by atoms with E-state index in [1.54, 1.807) is 0 Å². The molecule has 0 unspecified atom stereocenters. The SMILES string of the molecule is C1CNCCN1.O=c1ccnn[nH]1. The summed E-state index contributed by atoms with van der Waals surface area (Å²) in [4.78, 5) is 10.1. The van der Waals surface area contributed by atoms with Gasteiger partial charge in [-0.15, -0.1) is 5.10 Å². The fourth-order valence-electron chi connectivity index (χ4n) is 0.853. The maximum Gasteiger partial charge on any atom is 0.267 e. The molecule has 13 heavy (non-hydrogen) atoms. The van der Waals surface area contributed by atoms with Gasteiger partial charge in [-0.3, -0.25) is 4.79 Å². The van der Waals surface area contributed by atoms with Gasteiger partial charge in [0.15, 0.2) is 0 Å². The molecule has 0 aliphatic carbocycles. The predicted molar refractivity (Wildman–Crippen MR) is 48.4 cm³/mol. The third kappa shape index (κ3) is 5.05. The molecular weight excluding hydrogens is 170 g/mol. The minimum absolute atomic E-state index is 0.227. The number of nitrogens with one attached hydrogen (secondary N) is 3. The van der Waals surface area contributed by atoms with E-state index in [9.17, 15) is 4.79 Å². The monoisotopic (exact) mass is 183 g/mol. The molecule has 1 aromatic rings. The Bertz CT molecular complexity index is 241. The zero-order valence-electron chi connectivity index (χ0n) is 7.29. The maximum atomic E-state index is 10.1. The van der Waals surface area contributed by atoms with Gasteiger partial charge in [0, 0.05) is 32.2 Å². The molecule has 0 aromatic carbocycles. The van der Waals surface area contributed by atoms with Crippen molar-refractivity contribution in [2.75, 3.05) is 26.2 Å². The highest BCUT2D eigenvalue weighted by Crippen LogP contribution is 1.65. The molecule has 0 atom stereocenters. The normalized spacial score (nSPS) is 15.7. The lowest BCUT2D eigenvalue weighted by Gasteiger charge is -2.11. The summed E-state index contributed by atoms with van der Waals surface area (Å²) < 4.78 is 0. The smallest absolute Gasteiger partial charge is 0.267 e. The van der Waals surface area contributed by atoms with Crippen LogP contribution in [-0.4, -0.2) is 41.6 Å². The van der Waals surface area contributed by atoms with E-state index in [4.69, 9.17) is 0 Å². The van der Waals surface area contributed by atoms with Crippen molar-refractivity contribution in [3.63, 3.8) is 0 Å². The van der Waals surface area contributed by atoms with Crippen LogP contribution < -0.4 is 16.2 Å². The molecule has 2 heterocycles. The van der Waals surface area contributed by atoms with Crippen LogP contribution in [0.2, 0.25) is 0 Å². The number of piperazine rings is 1. The molecule has 6 heteroatoms. The molecule has 6 nitrogen and oxygen atoms in total. The van der Waals surface area contributed by atoms with Crippen LogP contribution in [-0.2, 0) is 0 Å². The van der Waals surface area contributed by atoms with Crippen molar-refractivity contribution < 1.29 is 0 Å². The fourth-order valence-corrected chi connectivity index (χ4v) is 0.853. The van der Waals surface area contributed by atoms with Gasteiger partial charge in [0.25, 0.3) is 5.56 Å². The molecule has 1 saturated heterocycles. The van der Waals surface area contributed by atoms with Gasteiger partial charge in [0.05, 0.1) is 6.20 Å². The predicted octanol–water partition coefficient (Wildman–Crippen LogP) is -1.66. The minimum atomic E-state index is -0.227. The van der Waals surface area contributed by atoms with Gasteiger partial charge in [-0.1, -0.05) is 5.21 Å². The molecule has 3 N–H and O–H groups in total. The Balaban J connectivity index is 0.000000132. The van der Waals surface area contributed by atoms with E-state index < -0.39 is 0 Å². The number of hydrogen-bond acceptors (Lipinski definition) is 5. The summed E-state index contributed by atoms with van der Waals surface area (Å²) >= 11 is 0. The van der Waals surface area contributed by atoms with E-state index in [0.29, 0.717) is 0 Å². The van der Waals surface area contributed by atoms with Crippen LogP contribution in [0.5, 0.6) is 0 Å². The molecule has 1 aliphatic rings. The minimum Gasteiger partial charge on any atom is -0.314 e. The Kier molecular flexibility index (Phi) is 4.73. The Hall–Kier alpha value is -1.27. The van der Waals surface area contributed by atoms with Crippen molar-refractivity contribution >= 4 is 0 Å². The zero-order chi connectivity index (χ0) is 9.36. The standard InChI is InChI=1S/C4H10N2.C3H3N3O/c1-2-6-4-3-5-1;7-3-1-2-4-6-5-3/h5-6H,1-4H2;1-2H,(H,4,5,7). The average Bonchev–Trinajstić information content (AvgIpc) is 2.22. The van der Waals surface area contributed by atoms with Crippen molar-refractivity contribution in [1.82, 2.24) is 26.0 Å². The van der Waals surface area contributed by atoms with Crippen molar-refractivity contribution in [2.45, 2.75) is 0 Å². The number of hydrogen-bond donors (Lipinski definition) is 3. The molecule has 0 saturated carbocycles. The summed E-state index contributed by atoms with van der Waals surface area (Å²) in [5.41, 5.74) is -0.227. The quantitative estimate of drug-likeness (QED) is 0.448. The Morgan fingerprint density at radius 2 is 1.77 bits per heavy atom. The van der Waals surface area contributed by atoms with Crippen molar-refractivity contribution in [3.05, 3.63) is 22.6 Å². The molecule has 0 bridgehead atoms. The van der Waals surface area contributed by atoms with Gasteiger partial charge >= 0.3 is 0 Å². The fraction of sp³-hybridized carbons (Fsp3) is 0.571. The topological polar surface area (TPSA) is 82.7 Å². The highest BCUT2D eigenvalue weighted by molar-refractivity contribution is 4.72. The van der Waals surface area contributed by atoms with Crippen molar-refractivity contribution in [3.8, 4) is 0 Å². The van der Waals surface area contributed by atoms with Gasteiger partial charge in [-0.25, -0.2) is 5.10 Å². The van der Waals surface area contributed by atoms with Crippen LogP contribution in [0, 0.1) is 0 Å². The van der Waals surface area contributed by atoms with Crippen molar-refractivity contribution in [2.24, 2.45) is 0 Å². The molecule has 1 aliphatic heterocycles. The maximum absolute atomic E-state index is 10.1. The van der Waals surface area contributed by atoms with Crippen LogP contribution in [0.25, 0.3) is 0 Å². The van der Waals surface area contributed by atoms with E-state index in [-0.39, 0.29) is 5.56 Å². The second-order valence-corrected chi connectivity index (χ2v) is 2.51. The van der Waals surface area contributed by atoms with E-state index in [2.05, 4.69) is 26.0 Å². The third-order valence-electron chi connectivity index (χ3n) is 1.47. The number of nitrogens with zero attached hydrogens (tertiary/aromatic N) is 2. The Morgan fingerprint density at radius 1 is 1.15 bits per heavy atom. The van der Waals surface area contributed by atoms with Crippen molar-refractivity contribution in [1.29, 1.82) is 0 Å². The highest BCUT2D eigenvalue weighted by atomic mass is 16.1. The average molecular weight is 183 g/mol. The molecule has 0 radical (unpaired) electrons. The first-order valence-electron chi connectivity index (χ1n) is 4.17. The number of aromatic amines is 1. The first kappa shape index (κ1) is 9.82. The van der Waals surface area contributed by atoms with Gasteiger partial charge in [0.1, 0.15) is 0 Å². The van der Waals surface area contributed by atoms with Gasteiger partial charge in [-0.05, 0) is 0 Å². The lowest BCUT2D eigenvalue weighted by atomic mass is 10.4. The summed E-state index contributed by atoms with van der Waals surface area (Å²) in [6.45, 7) is 4.56. The molecule has 72 valence electrons. The zero-order valence-corrected chi connectivity index (χ0v) is 7.29. The van der Waals surface area contributed by atoms with E-state index >= 15 is 0 Å². The van der Waals surface area contributed by atoms with Crippen LogP contribution in [0.4, 0.5) is 0 Å². The van der Waals surface area contributed by atoms with Crippen LogP contribution in [0.1, 0.15) is 0 Å².